The van der Waals surface area contributed by atoms with Crippen LogP contribution in [0.4, 0.5) is 4.79 Å². The maximum atomic E-state index is 13.4. The van der Waals surface area contributed by atoms with Gasteiger partial charge in [0.25, 0.3) is 0 Å². The first-order chi connectivity index (χ1) is 18.2. The number of carbonyl (C=O) groups is 5. The topological polar surface area (TPSA) is 161 Å². The highest BCUT2D eigenvalue weighted by atomic mass is 16.5. The fraction of sp³-hybridized carbons (Fsp3) is 0.741. The SMILES string of the molecule is CCOC(=O)/C=C/[C@H](C[C@@H]1CCNC1=O)NC(=O)[C@H](CC(C)C)NC(=O)[C@@H](NC(=O)OC)C(C)OC(C)(C)C. The third-order valence-electron chi connectivity index (χ3n) is 5.87. The largest absolute Gasteiger partial charge is 0.463 e. The molecular formula is C27H46N4O8. The highest BCUT2D eigenvalue weighted by Gasteiger charge is 2.34. The number of rotatable bonds is 14. The van der Waals surface area contributed by atoms with Gasteiger partial charge in [0.2, 0.25) is 17.7 Å². The Bertz CT molecular complexity index is 884. The third-order valence-corrected chi connectivity index (χ3v) is 5.87. The minimum Gasteiger partial charge on any atom is -0.463 e. The molecule has 12 heteroatoms. The minimum absolute atomic E-state index is 0.0328. The number of hydrogen-bond donors (Lipinski definition) is 4. The van der Waals surface area contributed by atoms with E-state index in [9.17, 15) is 24.0 Å². The van der Waals surface area contributed by atoms with Crippen molar-refractivity contribution in [3.05, 3.63) is 12.2 Å². The Labute approximate surface area is 231 Å². The molecule has 1 fully saturated rings. The smallest absolute Gasteiger partial charge is 0.407 e. The summed E-state index contributed by atoms with van der Waals surface area (Å²) in [7, 11) is 1.18. The second kappa shape index (κ2) is 16.1. The summed E-state index contributed by atoms with van der Waals surface area (Å²) in [6.45, 7) is 13.3. The van der Waals surface area contributed by atoms with E-state index in [1.807, 2.05) is 34.6 Å². The average Bonchev–Trinajstić information content (AvgIpc) is 3.22. The van der Waals surface area contributed by atoms with Crippen LogP contribution in [0.15, 0.2) is 12.2 Å². The van der Waals surface area contributed by atoms with E-state index in [1.165, 1.54) is 19.3 Å². The molecule has 0 aromatic carbocycles. The number of hydrogen-bond acceptors (Lipinski definition) is 8. The Morgan fingerprint density at radius 2 is 1.74 bits per heavy atom. The molecule has 4 amide bonds. The molecule has 1 unspecified atom stereocenters. The van der Waals surface area contributed by atoms with Crippen molar-refractivity contribution < 1.29 is 38.2 Å². The first kappa shape index (κ1) is 33.9. The second-order valence-corrected chi connectivity index (χ2v) is 11.0. The Balaban J connectivity index is 3.14. The number of ether oxygens (including phenoxy) is 3. The van der Waals surface area contributed by atoms with Crippen LogP contribution >= 0.6 is 0 Å². The van der Waals surface area contributed by atoms with Crippen LogP contribution in [-0.4, -0.2) is 79.9 Å². The van der Waals surface area contributed by atoms with Crippen LogP contribution in [0, 0.1) is 11.8 Å². The zero-order valence-corrected chi connectivity index (χ0v) is 24.4. The van der Waals surface area contributed by atoms with Crippen molar-refractivity contribution in [2.75, 3.05) is 20.3 Å². The number of alkyl carbamates (subject to hydrolysis) is 1. The van der Waals surface area contributed by atoms with E-state index in [4.69, 9.17) is 9.47 Å². The van der Waals surface area contributed by atoms with Crippen LogP contribution in [0.1, 0.15) is 67.7 Å². The molecule has 0 aromatic heterocycles. The van der Waals surface area contributed by atoms with Crippen LogP contribution in [0.5, 0.6) is 0 Å². The van der Waals surface area contributed by atoms with Gasteiger partial charge in [0.1, 0.15) is 12.1 Å². The van der Waals surface area contributed by atoms with E-state index in [-0.39, 0.29) is 30.8 Å². The average molecular weight is 555 g/mol. The summed E-state index contributed by atoms with van der Waals surface area (Å²) >= 11 is 0. The summed E-state index contributed by atoms with van der Waals surface area (Å²) in [4.78, 5) is 62.8. The normalized spacial score (nSPS) is 18.6. The molecule has 0 aliphatic carbocycles. The second-order valence-electron chi connectivity index (χ2n) is 11.0. The highest BCUT2D eigenvalue weighted by molar-refractivity contribution is 5.92. The standard InChI is InChI=1S/C27H46N4O8/c1-9-38-21(32)11-10-19(15-18-12-13-28-23(18)33)29-24(34)20(14-16(2)3)30-25(35)22(31-26(36)37-8)17(4)39-27(5,6)7/h10-11,16-20,22H,9,12-15H2,1-8H3,(H,28,33)(H,29,34)(H,30,35)(H,31,36)/b11-10+/t17?,18-,19+,20-,22-/m0/s1. The number of carbonyl (C=O) groups excluding carboxylic acids is 5. The van der Waals surface area contributed by atoms with Crippen molar-refractivity contribution in [1.82, 2.24) is 21.3 Å². The lowest BCUT2D eigenvalue weighted by atomic mass is 9.96. The molecule has 1 heterocycles. The molecule has 1 rings (SSSR count). The molecule has 1 aliphatic heterocycles. The predicted molar refractivity (Wildman–Crippen MR) is 144 cm³/mol. The van der Waals surface area contributed by atoms with Crippen molar-refractivity contribution in [3.63, 3.8) is 0 Å². The Hall–Kier alpha value is -3.15. The van der Waals surface area contributed by atoms with E-state index < -0.39 is 53.7 Å². The van der Waals surface area contributed by atoms with E-state index >= 15 is 0 Å². The van der Waals surface area contributed by atoms with Crippen molar-refractivity contribution in [2.24, 2.45) is 11.8 Å². The van der Waals surface area contributed by atoms with Gasteiger partial charge in [0.15, 0.2) is 0 Å². The van der Waals surface area contributed by atoms with Gasteiger partial charge >= 0.3 is 12.1 Å². The molecule has 1 aliphatic rings. The van der Waals surface area contributed by atoms with Gasteiger partial charge in [-0.3, -0.25) is 14.4 Å². The van der Waals surface area contributed by atoms with Crippen molar-refractivity contribution in [2.45, 2.75) is 97.6 Å². The van der Waals surface area contributed by atoms with E-state index in [1.54, 1.807) is 13.8 Å². The fourth-order valence-corrected chi connectivity index (χ4v) is 4.20. The summed E-state index contributed by atoms with van der Waals surface area (Å²) in [6, 6.07) is -2.76. The first-order valence-corrected chi connectivity index (χ1v) is 13.4. The van der Waals surface area contributed by atoms with Crippen molar-refractivity contribution in [1.29, 1.82) is 0 Å². The lowest BCUT2D eigenvalue weighted by Crippen LogP contribution is -2.59. The van der Waals surface area contributed by atoms with Crippen molar-refractivity contribution in [3.8, 4) is 0 Å². The van der Waals surface area contributed by atoms with Gasteiger partial charge in [-0.2, -0.15) is 0 Å². The van der Waals surface area contributed by atoms with Crippen molar-refractivity contribution >= 4 is 29.8 Å². The van der Waals surface area contributed by atoms with E-state index in [0.717, 1.165) is 0 Å². The maximum Gasteiger partial charge on any atom is 0.407 e. The van der Waals surface area contributed by atoms with Gasteiger partial charge in [0, 0.05) is 24.6 Å². The highest BCUT2D eigenvalue weighted by Crippen LogP contribution is 2.18. The molecule has 12 nitrogen and oxygen atoms in total. The monoisotopic (exact) mass is 554 g/mol. The molecule has 39 heavy (non-hydrogen) atoms. The molecule has 0 aromatic rings. The van der Waals surface area contributed by atoms with Crippen LogP contribution < -0.4 is 21.3 Å². The predicted octanol–water partition coefficient (Wildman–Crippen LogP) is 1.58. The number of amides is 4. The van der Waals surface area contributed by atoms with Gasteiger partial charge in [-0.1, -0.05) is 19.9 Å². The van der Waals surface area contributed by atoms with E-state index in [2.05, 4.69) is 26.0 Å². The molecule has 1 saturated heterocycles. The molecule has 0 saturated carbocycles. The summed E-state index contributed by atoms with van der Waals surface area (Å²) in [5.41, 5.74) is -0.602. The lowest BCUT2D eigenvalue weighted by Gasteiger charge is -2.31. The van der Waals surface area contributed by atoms with Crippen LogP contribution in [0.2, 0.25) is 0 Å². The summed E-state index contributed by atoms with van der Waals surface area (Å²) in [5.74, 6) is -2.09. The molecule has 0 radical (unpaired) electrons. The number of methoxy groups -OCH3 is 1. The van der Waals surface area contributed by atoms with Gasteiger partial charge in [0.05, 0.1) is 25.4 Å². The fourth-order valence-electron chi connectivity index (χ4n) is 4.20. The number of nitrogens with one attached hydrogen (secondary N) is 4. The Morgan fingerprint density at radius 3 is 2.26 bits per heavy atom. The molecule has 0 bridgehead atoms. The third kappa shape index (κ3) is 13.0. The molecule has 5 atom stereocenters. The van der Waals surface area contributed by atoms with Gasteiger partial charge < -0.3 is 35.5 Å². The molecular weight excluding hydrogens is 508 g/mol. The summed E-state index contributed by atoms with van der Waals surface area (Å²) < 4.78 is 15.5. The maximum absolute atomic E-state index is 13.4. The number of esters is 1. The molecule has 0 spiro atoms. The molecule has 4 N–H and O–H groups in total. The zero-order chi connectivity index (χ0) is 29.8. The van der Waals surface area contributed by atoms with Gasteiger partial charge in [-0.15, -0.1) is 0 Å². The van der Waals surface area contributed by atoms with Crippen LogP contribution in [0.3, 0.4) is 0 Å². The van der Waals surface area contributed by atoms with Crippen LogP contribution in [0.25, 0.3) is 0 Å². The first-order valence-electron chi connectivity index (χ1n) is 13.4. The Kier molecular flexibility index (Phi) is 14.0. The Morgan fingerprint density at radius 1 is 1.08 bits per heavy atom. The van der Waals surface area contributed by atoms with Crippen LogP contribution in [-0.2, 0) is 33.4 Å². The lowest BCUT2D eigenvalue weighted by molar-refractivity contribution is -0.137. The van der Waals surface area contributed by atoms with Gasteiger partial charge in [-0.05, 0) is 59.8 Å². The quantitative estimate of drug-likeness (QED) is 0.186. The zero-order valence-electron chi connectivity index (χ0n) is 24.4. The van der Waals surface area contributed by atoms with E-state index in [0.29, 0.717) is 19.4 Å². The molecule has 222 valence electrons. The summed E-state index contributed by atoms with van der Waals surface area (Å²) in [6.07, 6.45) is 2.34. The summed E-state index contributed by atoms with van der Waals surface area (Å²) in [5, 5.41) is 10.9. The van der Waals surface area contributed by atoms with Gasteiger partial charge in [-0.25, -0.2) is 9.59 Å². The minimum atomic E-state index is -1.14.